The summed E-state index contributed by atoms with van der Waals surface area (Å²) in [7, 11) is 0. The Morgan fingerprint density at radius 1 is 1.43 bits per heavy atom. The average Bonchev–Trinajstić information content (AvgIpc) is 2.72. The second kappa shape index (κ2) is 3.87. The lowest BCUT2D eigenvalue weighted by Gasteiger charge is -2.09. The van der Waals surface area contributed by atoms with E-state index in [0.29, 0.717) is 0 Å². The van der Waals surface area contributed by atoms with Crippen LogP contribution < -0.4 is 5.32 Å². The van der Waals surface area contributed by atoms with E-state index in [1.165, 1.54) is 0 Å². The summed E-state index contributed by atoms with van der Waals surface area (Å²) in [4.78, 5) is 0. The molecule has 2 heterocycles. The summed E-state index contributed by atoms with van der Waals surface area (Å²) < 4.78 is 4.75. The van der Waals surface area contributed by atoms with Crippen molar-refractivity contribution in [3.05, 3.63) is 36.4 Å². The fourth-order valence-corrected chi connectivity index (χ4v) is 1.12. The van der Waals surface area contributed by atoms with Crippen LogP contribution in [0.3, 0.4) is 0 Å². The predicted molar refractivity (Wildman–Crippen MR) is 50.6 cm³/mol. The van der Waals surface area contributed by atoms with E-state index >= 15 is 0 Å². The van der Waals surface area contributed by atoms with Gasteiger partial charge in [0.05, 0.1) is 6.04 Å². The molecule has 5 nitrogen and oxygen atoms in total. The minimum Gasteiger partial charge on any atom is -0.364 e. The lowest BCUT2D eigenvalue weighted by molar-refractivity contribution is 0.409. The molecule has 0 fully saturated rings. The number of hydrogen-bond acceptors (Lipinski definition) is 5. The van der Waals surface area contributed by atoms with Gasteiger partial charge in [-0.25, -0.2) is 0 Å². The topological polar surface area (TPSA) is 63.8 Å². The third-order valence-corrected chi connectivity index (χ3v) is 1.84. The van der Waals surface area contributed by atoms with Gasteiger partial charge in [-0.3, -0.25) is 0 Å². The molecule has 1 unspecified atom stereocenters. The Hall–Kier alpha value is -1.91. The first-order valence-corrected chi connectivity index (χ1v) is 4.31. The Morgan fingerprint density at radius 2 is 2.36 bits per heavy atom. The van der Waals surface area contributed by atoms with Crippen molar-refractivity contribution in [3.63, 3.8) is 0 Å². The first kappa shape index (κ1) is 8.68. The summed E-state index contributed by atoms with van der Waals surface area (Å²) in [5, 5.41) is 14.6. The zero-order valence-corrected chi connectivity index (χ0v) is 7.71. The molecule has 0 bridgehead atoms. The Kier molecular flexibility index (Phi) is 2.40. The van der Waals surface area contributed by atoms with Crippen molar-refractivity contribution in [1.82, 2.24) is 15.4 Å². The summed E-state index contributed by atoms with van der Waals surface area (Å²) in [6.07, 6.45) is 3.18. The fourth-order valence-electron chi connectivity index (χ4n) is 1.12. The number of hydrogen-bond donors (Lipinski definition) is 1. The van der Waals surface area contributed by atoms with Crippen molar-refractivity contribution in [2.75, 3.05) is 5.32 Å². The van der Waals surface area contributed by atoms with Crippen LogP contribution in [0.4, 0.5) is 5.82 Å². The van der Waals surface area contributed by atoms with Gasteiger partial charge >= 0.3 is 0 Å². The summed E-state index contributed by atoms with van der Waals surface area (Å²) in [5.74, 6) is 0.725. The average molecular weight is 190 g/mol. The van der Waals surface area contributed by atoms with Gasteiger partial charge in [0, 0.05) is 12.3 Å². The van der Waals surface area contributed by atoms with Crippen LogP contribution in [0.5, 0.6) is 0 Å². The molecular formula is C9H10N4O. The monoisotopic (exact) mass is 190 g/mol. The van der Waals surface area contributed by atoms with Crippen LogP contribution >= 0.6 is 0 Å². The third-order valence-electron chi connectivity index (χ3n) is 1.84. The number of aromatic nitrogens is 3. The summed E-state index contributed by atoms with van der Waals surface area (Å²) in [5.41, 5.74) is 0.843. The van der Waals surface area contributed by atoms with Crippen molar-refractivity contribution < 1.29 is 4.52 Å². The molecule has 2 rings (SSSR count). The normalized spacial score (nSPS) is 12.4. The van der Waals surface area contributed by atoms with Crippen molar-refractivity contribution in [3.8, 4) is 0 Å². The molecule has 2 aromatic rings. The molecule has 5 heteroatoms. The molecule has 0 saturated heterocycles. The van der Waals surface area contributed by atoms with Gasteiger partial charge in [-0.2, -0.15) is 5.10 Å². The van der Waals surface area contributed by atoms with Gasteiger partial charge in [-0.05, 0) is 19.1 Å². The van der Waals surface area contributed by atoms with Crippen LogP contribution in [0, 0.1) is 0 Å². The zero-order valence-electron chi connectivity index (χ0n) is 7.71. The molecule has 0 aliphatic carbocycles. The zero-order chi connectivity index (χ0) is 9.80. The van der Waals surface area contributed by atoms with E-state index in [1.54, 1.807) is 12.5 Å². The molecule has 0 amide bonds. The maximum absolute atomic E-state index is 4.75. The van der Waals surface area contributed by atoms with Gasteiger partial charge in [-0.1, -0.05) is 5.16 Å². The Labute approximate surface area is 81.1 Å². The van der Waals surface area contributed by atoms with Gasteiger partial charge in [0.25, 0.3) is 0 Å². The molecule has 0 saturated carbocycles. The number of nitrogens with one attached hydrogen (secondary N) is 1. The van der Waals surface area contributed by atoms with E-state index in [0.717, 1.165) is 11.5 Å². The molecule has 72 valence electrons. The molecule has 1 N–H and O–H groups in total. The standard InChI is InChI=1S/C9H10N4O/c1-7(8-4-6-14-13-8)11-9-3-2-5-10-12-9/h2-7H,1H3,(H,11,12). The smallest absolute Gasteiger partial charge is 0.149 e. The van der Waals surface area contributed by atoms with Gasteiger partial charge in [0.2, 0.25) is 0 Å². The van der Waals surface area contributed by atoms with Crippen LogP contribution in [0.2, 0.25) is 0 Å². The summed E-state index contributed by atoms with van der Waals surface area (Å²) >= 11 is 0. The van der Waals surface area contributed by atoms with Gasteiger partial charge in [-0.15, -0.1) is 5.10 Å². The van der Waals surface area contributed by atoms with E-state index in [9.17, 15) is 0 Å². The van der Waals surface area contributed by atoms with Crippen LogP contribution in [-0.2, 0) is 0 Å². The van der Waals surface area contributed by atoms with Crippen LogP contribution in [0.1, 0.15) is 18.7 Å². The quantitative estimate of drug-likeness (QED) is 0.797. The first-order chi connectivity index (χ1) is 6.86. The first-order valence-electron chi connectivity index (χ1n) is 4.31. The van der Waals surface area contributed by atoms with E-state index in [2.05, 4.69) is 20.7 Å². The van der Waals surface area contributed by atoms with Crippen molar-refractivity contribution in [1.29, 1.82) is 0 Å². The minimum atomic E-state index is 0.0606. The molecule has 2 aromatic heterocycles. The van der Waals surface area contributed by atoms with Gasteiger partial charge in [0.15, 0.2) is 0 Å². The van der Waals surface area contributed by atoms with E-state index < -0.39 is 0 Å². The van der Waals surface area contributed by atoms with E-state index in [1.807, 2.05) is 25.1 Å². The van der Waals surface area contributed by atoms with Crippen molar-refractivity contribution in [2.24, 2.45) is 0 Å². The SMILES string of the molecule is CC(Nc1cccnn1)c1ccon1. The second-order valence-electron chi connectivity index (χ2n) is 2.90. The molecule has 0 aliphatic rings. The lowest BCUT2D eigenvalue weighted by atomic mass is 10.2. The Balaban J connectivity index is 2.06. The van der Waals surface area contributed by atoms with Crippen molar-refractivity contribution in [2.45, 2.75) is 13.0 Å². The molecule has 0 spiro atoms. The fraction of sp³-hybridized carbons (Fsp3) is 0.222. The van der Waals surface area contributed by atoms with Crippen molar-refractivity contribution >= 4 is 5.82 Å². The van der Waals surface area contributed by atoms with E-state index in [-0.39, 0.29) is 6.04 Å². The van der Waals surface area contributed by atoms with Gasteiger partial charge in [0.1, 0.15) is 17.8 Å². The Morgan fingerprint density at radius 3 is 3.00 bits per heavy atom. The highest BCUT2D eigenvalue weighted by Crippen LogP contribution is 2.14. The lowest BCUT2D eigenvalue weighted by Crippen LogP contribution is -2.08. The summed E-state index contributed by atoms with van der Waals surface area (Å²) in [6, 6.07) is 5.55. The third kappa shape index (κ3) is 1.87. The maximum Gasteiger partial charge on any atom is 0.149 e. The number of rotatable bonds is 3. The largest absolute Gasteiger partial charge is 0.364 e. The minimum absolute atomic E-state index is 0.0606. The van der Waals surface area contributed by atoms with Crippen LogP contribution in [-0.4, -0.2) is 15.4 Å². The van der Waals surface area contributed by atoms with Crippen LogP contribution in [0.15, 0.2) is 35.2 Å². The number of nitrogens with zero attached hydrogens (tertiary/aromatic N) is 3. The molecule has 0 aromatic carbocycles. The molecular weight excluding hydrogens is 180 g/mol. The molecule has 14 heavy (non-hydrogen) atoms. The molecule has 1 atom stereocenters. The maximum atomic E-state index is 4.75. The molecule has 0 aliphatic heterocycles. The second-order valence-corrected chi connectivity index (χ2v) is 2.90. The van der Waals surface area contributed by atoms with Gasteiger partial charge < -0.3 is 9.84 Å². The predicted octanol–water partition coefficient (Wildman–Crippen LogP) is 1.64. The highest BCUT2D eigenvalue weighted by molar-refractivity contribution is 5.34. The summed E-state index contributed by atoms with van der Waals surface area (Å²) in [6.45, 7) is 1.98. The number of anilines is 1. The Bertz CT molecular complexity index is 373. The molecule has 0 radical (unpaired) electrons. The van der Waals surface area contributed by atoms with E-state index in [4.69, 9.17) is 4.52 Å². The highest BCUT2D eigenvalue weighted by Gasteiger charge is 2.08. The van der Waals surface area contributed by atoms with Crippen LogP contribution in [0.25, 0.3) is 0 Å². The highest BCUT2D eigenvalue weighted by atomic mass is 16.5.